The van der Waals surface area contributed by atoms with E-state index in [0.717, 1.165) is 44.7 Å². The van der Waals surface area contributed by atoms with Gasteiger partial charge in [-0.2, -0.15) is 5.10 Å². The first kappa shape index (κ1) is 12.5. The number of carbonyl (C=O) groups excluding carboxylic acids is 1. The summed E-state index contributed by atoms with van der Waals surface area (Å²) in [5.74, 6) is 0.405. The molecule has 2 heterocycles. The minimum absolute atomic E-state index is 0.0451. The molecule has 1 aromatic rings. The van der Waals surface area contributed by atoms with Crippen molar-refractivity contribution in [3.05, 3.63) is 11.4 Å². The zero-order valence-electron chi connectivity index (χ0n) is 11.2. The first-order valence-corrected chi connectivity index (χ1v) is 6.86. The molecular weight excluding hydrogens is 244 g/mol. The molecule has 0 bridgehead atoms. The van der Waals surface area contributed by atoms with Crippen LogP contribution in [0.2, 0.25) is 0 Å². The Morgan fingerprint density at radius 3 is 2.84 bits per heavy atom. The van der Waals surface area contributed by atoms with E-state index in [0.29, 0.717) is 23.3 Å². The quantitative estimate of drug-likeness (QED) is 0.847. The van der Waals surface area contributed by atoms with E-state index >= 15 is 0 Å². The predicted molar refractivity (Wildman–Crippen MR) is 70.7 cm³/mol. The van der Waals surface area contributed by atoms with Gasteiger partial charge in [0.2, 0.25) is 0 Å². The van der Waals surface area contributed by atoms with Crippen molar-refractivity contribution in [2.45, 2.75) is 32.2 Å². The normalized spacial score (nSPS) is 22.7. The number of nitrogen functional groups attached to an aromatic ring is 1. The lowest BCUT2D eigenvalue weighted by Crippen LogP contribution is -2.38. The number of rotatable bonds is 4. The number of amides is 1. The monoisotopic (exact) mass is 264 g/mol. The molecule has 1 aliphatic carbocycles. The number of aryl methyl sites for hydroxylation is 1. The summed E-state index contributed by atoms with van der Waals surface area (Å²) in [6.45, 7) is 4.15. The van der Waals surface area contributed by atoms with Crippen LogP contribution in [0, 0.1) is 12.8 Å². The van der Waals surface area contributed by atoms with E-state index in [1.165, 1.54) is 0 Å². The molecule has 1 amide bonds. The summed E-state index contributed by atoms with van der Waals surface area (Å²) in [6.07, 6.45) is 3.21. The Bertz CT molecular complexity index is 475. The number of nitrogens with two attached hydrogens (primary N) is 1. The molecule has 1 aromatic heterocycles. The van der Waals surface area contributed by atoms with Crippen LogP contribution in [0.3, 0.4) is 0 Å². The molecule has 3 N–H and O–H groups in total. The Kier molecular flexibility index (Phi) is 3.18. The van der Waals surface area contributed by atoms with Gasteiger partial charge in [-0.15, -0.1) is 0 Å². The van der Waals surface area contributed by atoms with Crippen molar-refractivity contribution in [1.82, 2.24) is 15.1 Å². The van der Waals surface area contributed by atoms with E-state index < -0.39 is 0 Å². The van der Waals surface area contributed by atoms with Crippen LogP contribution in [0.15, 0.2) is 0 Å². The minimum atomic E-state index is -0.0451. The maximum atomic E-state index is 12.6. The number of hydrogen-bond donors (Lipinski definition) is 2. The first-order chi connectivity index (χ1) is 9.16. The average molecular weight is 264 g/mol. The minimum Gasteiger partial charge on any atom is -0.395 e. The van der Waals surface area contributed by atoms with Crippen LogP contribution in [-0.4, -0.2) is 46.8 Å². The Morgan fingerprint density at radius 2 is 2.32 bits per heavy atom. The second-order valence-corrected chi connectivity index (χ2v) is 5.53. The molecular formula is C13H20N4O2. The van der Waals surface area contributed by atoms with Crippen molar-refractivity contribution in [1.29, 1.82) is 0 Å². The number of nitrogens with one attached hydrogen (secondary N) is 1. The van der Waals surface area contributed by atoms with Gasteiger partial charge in [0.05, 0.1) is 18.0 Å². The van der Waals surface area contributed by atoms with Gasteiger partial charge in [-0.3, -0.25) is 9.89 Å². The smallest absolute Gasteiger partial charge is 0.276 e. The van der Waals surface area contributed by atoms with Gasteiger partial charge in [-0.1, -0.05) is 0 Å². The topological polar surface area (TPSA) is 84.2 Å². The summed E-state index contributed by atoms with van der Waals surface area (Å²) in [6, 6.07) is 0.365. The van der Waals surface area contributed by atoms with Crippen molar-refractivity contribution in [3.63, 3.8) is 0 Å². The van der Waals surface area contributed by atoms with Gasteiger partial charge in [0.15, 0.2) is 5.69 Å². The zero-order chi connectivity index (χ0) is 13.4. The summed E-state index contributed by atoms with van der Waals surface area (Å²) >= 11 is 0. The third-order valence-corrected chi connectivity index (χ3v) is 3.92. The second kappa shape index (κ2) is 4.85. The second-order valence-electron chi connectivity index (χ2n) is 5.53. The molecule has 104 valence electrons. The van der Waals surface area contributed by atoms with Gasteiger partial charge in [-0.25, -0.2) is 0 Å². The van der Waals surface area contributed by atoms with Gasteiger partial charge in [-0.05, 0) is 26.2 Å². The molecule has 6 nitrogen and oxygen atoms in total. The Labute approximate surface area is 112 Å². The van der Waals surface area contributed by atoms with Gasteiger partial charge in [0, 0.05) is 25.1 Å². The number of hydrogen-bond acceptors (Lipinski definition) is 4. The van der Waals surface area contributed by atoms with E-state index in [1.54, 1.807) is 0 Å². The van der Waals surface area contributed by atoms with E-state index in [2.05, 4.69) is 10.2 Å². The highest BCUT2D eigenvalue weighted by Gasteiger charge is 2.36. The fourth-order valence-corrected chi connectivity index (χ4v) is 2.53. The molecule has 1 saturated carbocycles. The molecule has 0 aromatic carbocycles. The highest BCUT2D eigenvalue weighted by Crippen LogP contribution is 2.31. The molecule has 0 radical (unpaired) electrons. The van der Waals surface area contributed by atoms with Gasteiger partial charge in [0.1, 0.15) is 0 Å². The van der Waals surface area contributed by atoms with E-state index in [9.17, 15) is 4.79 Å². The van der Waals surface area contributed by atoms with Crippen LogP contribution >= 0.6 is 0 Å². The molecule has 3 rings (SSSR count). The van der Waals surface area contributed by atoms with Crippen LogP contribution in [0.4, 0.5) is 5.69 Å². The molecule has 1 aliphatic heterocycles. The molecule has 1 atom stereocenters. The highest BCUT2D eigenvalue weighted by atomic mass is 16.5. The van der Waals surface area contributed by atoms with Gasteiger partial charge in [0.25, 0.3) is 5.91 Å². The maximum Gasteiger partial charge on any atom is 0.276 e. The summed E-state index contributed by atoms with van der Waals surface area (Å²) < 4.78 is 5.39. The Morgan fingerprint density at radius 1 is 1.53 bits per heavy atom. The van der Waals surface area contributed by atoms with Crippen molar-refractivity contribution in [3.8, 4) is 0 Å². The number of aromatic amines is 1. The molecule has 1 saturated heterocycles. The van der Waals surface area contributed by atoms with Gasteiger partial charge >= 0.3 is 0 Å². The number of aromatic nitrogens is 2. The number of H-pyrrole nitrogens is 1. The van der Waals surface area contributed by atoms with Crippen LogP contribution in [0.1, 0.15) is 35.4 Å². The van der Waals surface area contributed by atoms with E-state index in [-0.39, 0.29) is 5.91 Å². The maximum absolute atomic E-state index is 12.6. The largest absolute Gasteiger partial charge is 0.395 e. The predicted octanol–water partition coefficient (Wildman–Crippen LogP) is 0.941. The number of carbonyl (C=O) groups is 1. The third kappa shape index (κ3) is 2.45. The first-order valence-electron chi connectivity index (χ1n) is 6.86. The molecule has 1 unspecified atom stereocenters. The highest BCUT2D eigenvalue weighted by molar-refractivity contribution is 5.98. The SMILES string of the molecule is Cc1[nH]nc(C(=O)N(CC2CCOC2)C2CC2)c1N. The summed E-state index contributed by atoms with van der Waals surface area (Å²) in [7, 11) is 0. The Balaban J connectivity index is 1.75. The van der Waals surface area contributed by atoms with E-state index in [1.807, 2.05) is 11.8 Å². The van der Waals surface area contributed by atoms with Crippen LogP contribution < -0.4 is 5.73 Å². The lowest BCUT2D eigenvalue weighted by molar-refractivity contribution is 0.0701. The third-order valence-electron chi connectivity index (χ3n) is 3.92. The van der Waals surface area contributed by atoms with Gasteiger partial charge < -0.3 is 15.4 Å². The Hall–Kier alpha value is -1.56. The lowest BCUT2D eigenvalue weighted by Gasteiger charge is -2.24. The molecule has 2 aliphatic rings. The number of ether oxygens (including phenoxy) is 1. The van der Waals surface area contributed by atoms with Crippen LogP contribution in [0.25, 0.3) is 0 Å². The van der Waals surface area contributed by atoms with Crippen LogP contribution in [-0.2, 0) is 4.74 Å². The molecule has 6 heteroatoms. The van der Waals surface area contributed by atoms with Crippen molar-refractivity contribution >= 4 is 11.6 Å². The van der Waals surface area contributed by atoms with Crippen molar-refractivity contribution in [2.75, 3.05) is 25.5 Å². The average Bonchev–Trinajstić information content (AvgIpc) is 3.01. The van der Waals surface area contributed by atoms with E-state index in [4.69, 9.17) is 10.5 Å². The standard InChI is InChI=1S/C13H20N4O2/c1-8-11(14)12(16-15-8)13(18)17(10-2-3-10)6-9-4-5-19-7-9/h9-10H,2-7,14H2,1H3,(H,15,16). The molecule has 0 spiro atoms. The summed E-state index contributed by atoms with van der Waals surface area (Å²) in [5.41, 5.74) is 7.49. The van der Waals surface area contributed by atoms with Crippen LogP contribution in [0.5, 0.6) is 0 Å². The molecule has 2 fully saturated rings. The fourth-order valence-electron chi connectivity index (χ4n) is 2.53. The summed E-state index contributed by atoms with van der Waals surface area (Å²) in [4.78, 5) is 14.5. The zero-order valence-corrected chi connectivity index (χ0v) is 11.2. The number of anilines is 1. The summed E-state index contributed by atoms with van der Waals surface area (Å²) in [5, 5.41) is 6.83. The molecule has 19 heavy (non-hydrogen) atoms. The lowest BCUT2D eigenvalue weighted by atomic mass is 10.1. The van der Waals surface area contributed by atoms with Crippen molar-refractivity contribution < 1.29 is 9.53 Å². The van der Waals surface area contributed by atoms with Crippen molar-refractivity contribution in [2.24, 2.45) is 5.92 Å². The fraction of sp³-hybridized carbons (Fsp3) is 0.692. The number of nitrogens with zero attached hydrogens (tertiary/aromatic N) is 2.